The summed E-state index contributed by atoms with van der Waals surface area (Å²) in [7, 11) is 0. The maximum Gasteiger partial charge on any atom is 0.417 e. The zero-order valence-corrected chi connectivity index (χ0v) is 11.6. The third-order valence-electron chi connectivity index (χ3n) is 2.33. The van der Waals surface area contributed by atoms with Crippen molar-refractivity contribution in [3.8, 4) is 5.75 Å². The number of esters is 1. The molecule has 1 aromatic carbocycles. The van der Waals surface area contributed by atoms with E-state index in [0.717, 1.165) is 0 Å². The van der Waals surface area contributed by atoms with Gasteiger partial charge in [0.15, 0.2) is 0 Å². The predicted octanol–water partition coefficient (Wildman–Crippen LogP) is 3.54. The molecule has 1 N–H and O–H groups in total. The fourth-order valence-electron chi connectivity index (χ4n) is 1.49. The van der Waals surface area contributed by atoms with Crippen molar-refractivity contribution in [3.05, 3.63) is 47.3 Å². The van der Waals surface area contributed by atoms with Crippen molar-refractivity contribution in [2.24, 2.45) is 0 Å². The van der Waals surface area contributed by atoms with Gasteiger partial charge in [0.2, 0.25) is 0 Å². The highest BCUT2D eigenvalue weighted by molar-refractivity contribution is 7.14. The van der Waals surface area contributed by atoms with Gasteiger partial charge < -0.3 is 9.47 Å². The largest absolute Gasteiger partial charge is 0.462 e. The van der Waals surface area contributed by atoms with E-state index >= 15 is 0 Å². The lowest BCUT2D eigenvalue weighted by Gasteiger charge is -2.06. The topological polar surface area (TPSA) is 64.6 Å². The van der Waals surface area contributed by atoms with Gasteiger partial charge in [-0.25, -0.2) is 9.59 Å². The minimum Gasteiger partial charge on any atom is -0.462 e. The molecule has 6 heteroatoms. The van der Waals surface area contributed by atoms with Crippen LogP contribution in [0.1, 0.15) is 17.3 Å². The van der Waals surface area contributed by atoms with Crippen molar-refractivity contribution in [1.82, 2.24) is 0 Å². The van der Waals surface area contributed by atoms with E-state index in [0.29, 0.717) is 16.3 Å². The lowest BCUT2D eigenvalue weighted by molar-refractivity contribution is 0.0528. The summed E-state index contributed by atoms with van der Waals surface area (Å²) >= 11 is 1.23. The van der Waals surface area contributed by atoms with Gasteiger partial charge in [0.25, 0.3) is 0 Å². The van der Waals surface area contributed by atoms with Crippen molar-refractivity contribution in [1.29, 1.82) is 0 Å². The molecule has 2 aromatic rings. The molecule has 0 fully saturated rings. The third kappa shape index (κ3) is 3.58. The maximum absolute atomic E-state index is 11.7. The molecule has 0 saturated carbocycles. The molecular formula is C14H13NO4S. The van der Waals surface area contributed by atoms with Gasteiger partial charge in [0, 0.05) is 0 Å². The van der Waals surface area contributed by atoms with Gasteiger partial charge in [0.1, 0.15) is 10.8 Å². The predicted molar refractivity (Wildman–Crippen MR) is 76.4 cm³/mol. The number of ether oxygens (including phenoxy) is 2. The van der Waals surface area contributed by atoms with Crippen LogP contribution in [0.25, 0.3) is 0 Å². The van der Waals surface area contributed by atoms with Gasteiger partial charge in [-0.2, -0.15) is 0 Å². The van der Waals surface area contributed by atoms with Gasteiger partial charge in [-0.05, 0) is 30.5 Å². The molecule has 0 unspecified atom stereocenters. The Kier molecular flexibility index (Phi) is 4.73. The minimum atomic E-state index is -0.649. The highest BCUT2D eigenvalue weighted by atomic mass is 32.1. The summed E-state index contributed by atoms with van der Waals surface area (Å²) < 4.78 is 9.99. The summed E-state index contributed by atoms with van der Waals surface area (Å²) in [6.45, 7) is 2.00. The van der Waals surface area contributed by atoms with Crippen molar-refractivity contribution >= 4 is 28.4 Å². The van der Waals surface area contributed by atoms with E-state index in [2.05, 4.69) is 5.32 Å². The average molecular weight is 291 g/mol. The first kappa shape index (κ1) is 14.1. The van der Waals surface area contributed by atoms with Crippen LogP contribution in [0.4, 0.5) is 9.80 Å². The molecule has 5 nitrogen and oxygen atoms in total. The van der Waals surface area contributed by atoms with Gasteiger partial charge in [-0.1, -0.05) is 18.2 Å². The highest BCUT2D eigenvalue weighted by Crippen LogP contribution is 2.24. The number of carbonyl (C=O) groups is 2. The Morgan fingerprint density at radius 2 is 1.95 bits per heavy atom. The Morgan fingerprint density at radius 1 is 1.20 bits per heavy atom. The van der Waals surface area contributed by atoms with E-state index < -0.39 is 12.1 Å². The van der Waals surface area contributed by atoms with Crippen molar-refractivity contribution in [2.45, 2.75) is 6.92 Å². The lowest BCUT2D eigenvalue weighted by Crippen LogP contribution is -2.18. The van der Waals surface area contributed by atoms with Gasteiger partial charge in [-0.3, -0.25) is 5.32 Å². The Bertz CT molecular complexity index is 594. The van der Waals surface area contributed by atoms with Crippen molar-refractivity contribution in [2.75, 3.05) is 11.9 Å². The van der Waals surface area contributed by atoms with Crippen LogP contribution in [0.15, 0.2) is 41.8 Å². The summed E-state index contributed by atoms with van der Waals surface area (Å²) in [5.41, 5.74) is 0.321. The van der Waals surface area contributed by atoms with E-state index in [1.807, 2.05) is 6.07 Å². The quantitative estimate of drug-likeness (QED) is 0.875. The lowest BCUT2D eigenvalue weighted by atomic mass is 10.3. The monoisotopic (exact) mass is 291 g/mol. The number of hydrogen-bond donors (Lipinski definition) is 1. The maximum atomic E-state index is 11.7. The molecule has 2 rings (SSSR count). The van der Waals surface area contributed by atoms with Crippen LogP contribution in [0.3, 0.4) is 0 Å². The average Bonchev–Trinajstić information content (AvgIpc) is 2.88. The Hall–Kier alpha value is -2.34. The van der Waals surface area contributed by atoms with Crippen LogP contribution < -0.4 is 10.1 Å². The first-order valence-corrected chi connectivity index (χ1v) is 6.87. The molecule has 1 heterocycles. The van der Waals surface area contributed by atoms with Crippen molar-refractivity contribution in [3.63, 3.8) is 0 Å². The zero-order valence-electron chi connectivity index (χ0n) is 10.8. The number of thiophene rings is 1. The van der Waals surface area contributed by atoms with E-state index in [1.165, 1.54) is 11.3 Å². The molecular weight excluding hydrogens is 278 g/mol. The first-order valence-electron chi connectivity index (χ1n) is 5.99. The van der Waals surface area contributed by atoms with Crippen LogP contribution in [0.2, 0.25) is 0 Å². The molecule has 0 saturated heterocycles. The summed E-state index contributed by atoms with van der Waals surface area (Å²) in [6.07, 6.45) is -0.649. The summed E-state index contributed by atoms with van der Waals surface area (Å²) in [6, 6.07) is 10.3. The van der Waals surface area contributed by atoms with Crippen molar-refractivity contribution < 1.29 is 19.1 Å². The summed E-state index contributed by atoms with van der Waals surface area (Å²) in [4.78, 5) is 23.4. The number of amides is 1. The first-order chi connectivity index (χ1) is 9.70. The zero-order chi connectivity index (χ0) is 14.4. The third-order valence-corrected chi connectivity index (χ3v) is 3.16. The molecule has 0 aliphatic heterocycles. The Balaban J connectivity index is 2.02. The number of benzene rings is 1. The number of para-hydroxylation sites is 1. The molecule has 0 bridgehead atoms. The van der Waals surface area contributed by atoms with Gasteiger partial charge in [0.05, 0.1) is 12.2 Å². The summed E-state index contributed by atoms with van der Waals surface area (Å²) in [5.74, 6) is -0.0389. The second kappa shape index (κ2) is 6.72. The molecule has 104 valence electrons. The summed E-state index contributed by atoms with van der Waals surface area (Å²) in [5, 5.41) is 4.64. The standard InChI is InChI=1S/C14H13NO4S/c1-2-18-13(16)11-8-9-20-12(11)15-14(17)19-10-6-4-3-5-7-10/h3-9H,2H2,1H3,(H,15,17). The van der Waals surface area contributed by atoms with E-state index in [4.69, 9.17) is 9.47 Å². The van der Waals surface area contributed by atoms with Crippen LogP contribution in [-0.4, -0.2) is 18.7 Å². The van der Waals surface area contributed by atoms with Gasteiger partial charge in [-0.15, -0.1) is 11.3 Å². The van der Waals surface area contributed by atoms with Crippen LogP contribution >= 0.6 is 11.3 Å². The van der Waals surface area contributed by atoms with E-state index in [1.54, 1.807) is 42.6 Å². The van der Waals surface area contributed by atoms with Gasteiger partial charge >= 0.3 is 12.1 Å². The smallest absolute Gasteiger partial charge is 0.417 e. The molecule has 0 aliphatic rings. The second-order valence-corrected chi connectivity index (χ2v) is 4.63. The number of anilines is 1. The fourth-order valence-corrected chi connectivity index (χ4v) is 2.25. The Morgan fingerprint density at radius 3 is 2.65 bits per heavy atom. The van der Waals surface area contributed by atoms with Crippen LogP contribution in [0, 0.1) is 0 Å². The molecule has 1 amide bonds. The SMILES string of the molecule is CCOC(=O)c1ccsc1NC(=O)Oc1ccccc1. The molecule has 20 heavy (non-hydrogen) atoms. The fraction of sp³-hybridized carbons (Fsp3) is 0.143. The van der Waals surface area contributed by atoms with E-state index in [-0.39, 0.29) is 6.61 Å². The molecule has 0 atom stereocenters. The number of hydrogen-bond acceptors (Lipinski definition) is 5. The molecule has 1 aromatic heterocycles. The van der Waals surface area contributed by atoms with Crippen LogP contribution in [-0.2, 0) is 4.74 Å². The molecule has 0 spiro atoms. The highest BCUT2D eigenvalue weighted by Gasteiger charge is 2.16. The number of carbonyl (C=O) groups excluding carboxylic acids is 2. The number of nitrogens with one attached hydrogen (secondary N) is 1. The minimum absolute atomic E-state index is 0.280. The molecule has 0 radical (unpaired) electrons. The second-order valence-electron chi connectivity index (χ2n) is 3.71. The number of rotatable bonds is 4. The molecule has 0 aliphatic carbocycles. The normalized spacial score (nSPS) is 9.85. The van der Waals surface area contributed by atoms with Crippen LogP contribution in [0.5, 0.6) is 5.75 Å². The van der Waals surface area contributed by atoms with E-state index in [9.17, 15) is 9.59 Å². The Labute approximate surface area is 120 Å².